The predicted octanol–water partition coefficient (Wildman–Crippen LogP) is 3.66. The molecule has 0 saturated heterocycles. The van der Waals surface area contributed by atoms with E-state index in [0.717, 1.165) is 16.8 Å². The molecule has 0 bridgehead atoms. The maximum atomic E-state index is 12.4. The van der Waals surface area contributed by atoms with Crippen molar-refractivity contribution in [1.29, 1.82) is 0 Å². The minimum absolute atomic E-state index is 0.0927. The number of nitrogens with one attached hydrogen (secondary N) is 1. The Morgan fingerprint density at radius 1 is 1.03 bits per heavy atom. The summed E-state index contributed by atoms with van der Waals surface area (Å²) >= 11 is 0. The van der Waals surface area contributed by atoms with Gasteiger partial charge in [-0.2, -0.15) is 0 Å². The van der Waals surface area contributed by atoms with Gasteiger partial charge in [-0.15, -0.1) is 0 Å². The maximum Gasteiger partial charge on any atom is 0.356 e. The van der Waals surface area contributed by atoms with E-state index < -0.39 is 5.97 Å². The Kier molecular flexibility index (Phi) is 5.97. The molecule has 7 heteroatoms. The van der Waals surface area contributed by atoms with Gasteiger partial charge in [-0.05, 0) is 49.2 Å². The molecule has 1 amide bonds. The Hall–Kier alpha value is -3.61. The average molecular weight is 394 g/mol. The topological polar surface area (TPSA) is 86.8 Å². The van der Waals surface area contributed by atoms with Gasteiger partial charge in [-0.25, -0.2) is 9.78 Å². The third kappa shape index (κ3) is 4.63. The molecule has 1 N–H and O–H groups in total. The van der Waals surface area contributed by atoms with E-state index in [4.69, 9.17) is 14.2 Å². The van der Waals surface area contributed by atoms with Crippen LogP contribution in [0.1, 0.15) is 21.6 Å². The second-order valence-corrected chi connectivity index (χ2v) is 6.54. The second kappa shape index (κ2) is 8.60. The lowest BCUT2D eigenvalue weighted by Crippen LogP contribution is -2.21. The van der Waals surface area contributed by atoms with Crippen LogP contribution in [-0.2, 0) is 9.53 Å². The largest absolute Gasteiger partial charge is 0.497 e. The minimum Gasteiger partial charge on any atom is -0.497 e. The van der Waals surface area contributed by atoms with E-state index in [9.17, 15) is 9.59 Å². The van der Waals surface area contributed by atoms with Crippen molar-refractivity contribution in [2.45, 2.75) is 13.8 Å². The molecule has 2 aromatic carbocycles. The highest BCUT2D eigenvalue weighted by Gasteiger charge is 2.15. The number of methoxy groups -OCH3 is 2. The molecule has 150 valence electrons. The Morgan fingerprint density at radius 3 is 2.55 bits per heavy atom. The number of amides is 1. The van der Waals surface area contributed by atoms with Gasteiger partial charge in [0.05, 0.1) is 19.7 Å². The molecule has 0 atom stereocenters. The zero-order valence-electron chi connectivity index (χ0n) is 16.7. The Labute approximate surface area is 168 Å². The number of rotatable bonds is 6. The number of benzene rings is 2. The molecule has 0 aliphatic rings. The number of aromatic nitrogens is 1. The quantitative estimate of drug-likeness (QED) is 0.642. The minimum atomic E-state index is -0.590. The molecule has 29 heavy (non-hydrogen) atoms. The Balaban J connectivity index is 1.86. The van der Waals surface area contributed by atoms with Crippen LogP contribution in [0.15, 0.2) is 42.5 Å². The van der Waals surface area contributed by atoms with Crippen molar-refractivity contribution >= 4 is 28.5 Å². The number of nitrogens with zero attached hydrogens (tertiary/aromatic N) is 1. The third-order valence-corrected chi connectivity index (χ3v) is 4.40. The van der Waals surface area contributed by atoms with Crippen LogP contribution in [0.2, 0.25) is 0 Å². The monoisotopic (exact) mass is 394 g/mol. The summed E-state index contributed by atoms with van der Waals surface area (Å²) in [4.78, 5) is 28.6. The van der Waals surface area contributed by atoms with Crippen LogP contribution in [0.25, 0.3) is 10.9 Å². The smallest absolute Gasteiger partial charge is 0.356 e. The molecule has 0 spiro atoms. The van der Waals surface area contributed by atoms with E-state index in [2.05, 4.69) is 10.3 Å². The number of pyridine rings is 1. The highest BCUT2D eigenvalue weighted by atomic mass is 16.5. The number of carbonyl (C=O) groups excluding carboxylic acids is 2. The van der Waals surface area contributed by atoms with Crippen molar-refractivity contribution in [2.24, 2.45) is 0 Å². The molecule has 0 fully saturated rings. The molecule has 3 aromatic rings. The van der Waals surface area contributed by atoms with E-state index >= 15 is 0 Å². The molecule has 0 unspecified atom stereocenters. The standard InChI is InChI=1S/C22H22N2O5/c1-13-5-6-14(2)18(9-13)24-21(25)12-29-20-11-19(22(26)28-4)23-17-8-7-15(27-3)10-16(17)20/h5-11H,12H2,1-4H3,(H,24,25). The van der Waals surface area contributed by atoms with Crippen LogP contribution < -0.4 is 14.8 Å². The van der Waals surface area contributed by atoms with Crippen LogP contribution in [0.5, 0.6) is 11.5 Å². The molecule has 1 aromatic heterocycles. The molecule has 1 heterocycles. The first-order valence-corrected chi connectivity index (χ1v) is 8.98. The third-order valence-electron chi connectivity index (χ3n) is 4.40. The molecule has 3 rings (SSSR count). The second-order valence-electron chi connectivity index (χ2n) is 6.54. The summed E-state index contributed by atoms with van der Waals surface area (Å²) in [6.45, 7) is 3.64. The fourth-order valence-electron chi connectivity index (χ4n) is 2.83. The average Bonchev–Trinajstić information content (AvgIpc) is 2.73. The fourth-order valence-corrected chi connectivity index (χ4v) is 2.83. The number of carbonyl (C=O) groups is 2. The lowest BCUT2D eigenvalue weighted by molar-refractivity contribution is -0.118. The van der Waals surface area contributed by atoms with Crippen molar-refractivity contribution < 1.29 is 23.8 Å². The number of anilines is 1. The zero-order valence-corrected chi connectivity index (χ0v) is 16.7. The Morgan fingerprint density at radius 2 is 1.83 bits per heavy atom. The van der Waals surface area contributed by atoms with Crippen molar-refractivity contribution in [1.82, 2.24) is 4.98 Å². The SMILES string of the molecule is COC(=O)c1cc(OCC(=O)Nc2cc(C)ccc2C)c2cc(OC)ccc2n1. The number of ether oxygens (including phenoxy) is 3. The van der Waals surface area contributed by atoms with Crippen molar-refractivity contribution in [3.05, 3.63) is 59.3 Å². The van der Waals surface area contributed by atoms with Crippen LogP contribution in [-0.4, -0.2) is 37.7 Å². The van der Waals surface area contributed by atoms with Crippen molar-refractivity contribution in [3.63, 3.8) is 0 Å². The summed E-state index contributed by atoms with van der Waals surface area (Å²) in [5.74, 6) is 0.0406. The number of hydrogen-bond acceptors (Lipinski definition) is 6. The van der Waals surface area contributed by atoms with Gasteiger partial charge < -0.3 is 19.5 Å². The molecule has 0 aliphatic heterocycles. The molecular weight excluding hydrogens is 372 g/mol. The van der Waals surface area contributed by atoms with Gasteiger partial charge >= 0.3 is 5.97 Å². The van der Waals surface area contributed by atoms with E-state index in [1.165, 1.54) is 13.2 Å². The van der Waals surface area contributed by atoms with Crippen LogP contribution in [0.4, 0.5) is 5.69 Å². The van der Waals surface area contributed by atoms with Gasteiger partial charge in [0.25, 0.3) is 5.91 Å². The number of fused-ring (bicyclic) bond motifs is 1. The summed E-state index contributed by atoms with van der Waals surface area (Å²) in [6, 6.07) is 12.5. The molecule has 0 saturated carbocycles. The lowest BCUT2D eigenvalue weighted by atomic mass is 10.1. The normalized spacial score (nSPS) is 10.5. The highest BCUT2D eigenvalue weighted by molar-refractivity contribution is 5.96. The van der Waals surface area contributed by atoms with Crippen LogP contribution >= 0.6 is 0 Å². The number of hydrogen-bond donors (Lipinski definition) is 1. The number of esters is 1. The molecule has 0 aliphatic carbocycles. The molecule has 0 radical (unpaired) electrons. The first-order valence-electron chi connectivity index (χ1n) is 8.98. The first-order chi connectivity index (χ1) is 13.9. The van der Waals surface area contributed by atoms with Crippen molar-refractivity contribution in [2.75, 3.05) is 26.1 Å². The first kappa shape index (κ1) is 20.1. The van der Waals surface area contributed by atoms with Gasteiger partial charge in [0.1, 0.15) is 11.5 Å². The van der Waals surface area contributed by atoms with Crippen LogP contribution in [0, 0.1) is 13.8 Å². The van der Waals surface area contributed by atoms with Gasteiger partial charge in [0, 0.05) is 17.1 Å². The van der Waals surface area contributed by atoms with Crippen molar-refractivity contribution in [3.8, 4) is 11.5 Å². The lowest BCUT2D eigenvalue weighted by Gasteiger charge is -2.13. The fraction of sp³-hybridized carbons (Fsp3) is 0.227. The van der Waals surface area contributed by atoms with Gasteiger partial charge in [-0.3, -0.25) is 4.79 Å². The predicted molar refractivity (Wildman–Crippen MR) is 110 cm³/mol. The summed E-state index contributed by atoms with van der Waals surface area (Å²) in [7, 11) is 2.83. The Bertz CT molecular complexity index is 1080. The maximum absolute atomic E-state index is 12.4. The van der Waals surface area contributed by atoms with Gasteiger partial charge in [0.2, 0.25) is 0 Å². The molecule has 7 nitrogen and oxygen atoms in total. The van der Waals surface area contributed by atoms with E-state index in [1.807, 2.05) is 32.0 Å². The number of aryl methyl sites for hydroxylation is 2. The summed E-state index contributed by atoms with van der Waals surface area (Å²) in [6.07, 6.45) is 0. The van der Waals surface area contributed by atoms with E-state index in [-0.39, 0.29) is 18.2 Å². The zero-order chi connectivity index (χ0) is 21.0. The summed E-state index contributed by atoms with van der Waals surface area (Å²) < 4.78 is 15.7. The van der Waals surface area contributed by atoms with Crippen LogP contribution in [0.3, 0.4) is 0 Å². The summed E-state index contributed by atoms with van der Waals surface area (Å²) in [5, 5.41) is 3.47. The van der Waals surface area contributed by atoms with E-state index in [1.54, 1.807) is 25.3 Å². The highest BCUT2D eigenvalue weighted by Crippen LogP contribution is 2.29. The van der Waals surface area contributed by atoms with Gasteiger partial charge in [-0.1, -0.05) is 12.1 Å². The summed E-state index contributed by atoms with van der Waals surface area (Å²) in [5.41, 5.74) is 3.35. The van der Waals surface area contributed by atoms with Gasteiger partial charge in [0.15, 0.2) is 12.3 Å². The molecular formula is C22H22N2O5. The van der Waals surface area contributed by atoms with E-state index in [0.29, 0.717) is 22.4 Å².